The highest BCUT2D eigenvalue weighted by Gasteiger charge is 2.24. The Balaban J connectivity index is 1.56. The van der Waals surface area contributed by atoms with E-state index in [0.717, 1.165) is 5.56 Å². The fraction of sp³-hybridized carbons (Fsp3) is 0.280. The normalized spacial score (nSPS) is 10.9. The predicted octanol–water partition coefficient (Wildman–Crippen LogP) is 3.40. The molecule has 0 fully saturated rings. The van der Waals surface area contributed by atoms with Gasteiger partial charge in [0.05, 0.1) is 18.5 Å². The van der Waals surface area contributed by atoms with Crippen LogP contribution in [0.3, 0.4) is 0 Å². The van der Waals surface area contributed by atoms with Crippen molar-refractivity contribution in [1.29, 1.82) is 0 Å². The van der Waals surface area contributed by atoms with Crippen molar-refractivity contribution in [1.82, 2.24) is 20.0 Å². The first kappa shape index (κ1) is 24.2. The third-order valence-electron chi connectivity index (χ3n) is 5.42. The molecule has 180 valence electrons. The summed E-state index contributed by atoms with van der Waals surface area (Å²) in [6.45, 7) is 4.19. The Bertz CT molecular complexity index is 1400. The van der Waals surface area contributed by atoms with Crippen molar-refractivity contribution in [3.05, 3.63) is 81.1 Å². The number of thiazole rings is 1. The summed E-state index contributed by atoms with van der Waals surface area (Å²) in [7, 11) is 0. The highest BCUT2D eigenvalue weighted by molar-refractivity contribution is 7.16. The Morgan fingerprint density at radius 3 is 2.60 bits per heavy atom. The largest absolute Gasteiger partial charge is 0.461 e. The lowest BCUT2D eigenvalue weighted by molar-refractivity contribution is -0.118. The van der Waals surface area contributed by atoms with E-state index in [0.29, 0.717) is 33.9 Å². The van der Waals surface area contributed by atoms with Crippen molar-refractivity contribution in [2.75, 3.05) is 18.1 Å². The molecular weight excluding hydrogens is 466 g/mol. The van der Waals surface area contributed by atoms with E-state index in [9.17, 15) is 14.4 Å². The van der Waals surface area contributed by atoms with Crippen LogP contribution >= 0.6 is 11.3 Å². The van der Waals surface area contributed by atoms with Crippen molar-refractivity contribution in [2.45, 2.75) is 33.2 Å². The van der Waals surface area contributed by atoms with E-state index in [1.54, 1.807) is 43.0 Å². The molecule has 0 saturated carbocycles. The number of benzene rings is 2. The number of fused-ring (bicyclic) bond motifs is 1. The second-order valence-electron chi connectivity index (χ2n) is 7.79. The van der Waals surface area contributed by atoms with Crippen LogP contribution in [0.2, 0.25) is 0 Å². The topological polar surface area (TPSA) is 107 Å². The summed E-state index contributed by atoms with van der Waals surface area (Å²) in [5.74, 6) is -0.743. The van der Waals surface area contributed by atoms with Gasteiger partial charge >= 0.3 is 5.97 Å². The zero-order valence-corrected chi connectivity index (χ0v) is 20.3. The van der Waals surface area contributed by atoms with Crippen molar-refractivity contribution < 1.29 is 14.3 Å². The first-order valence-electron chi connectivity index (χ1n) is 11.3. The van der Waals surface area contributed by atoms with Gasteiger partial charge in [0.2, 0.25) is 5.91 Å². The van der Waals surface area contributed by atoms with E-state index in [1.807, 2.05) is 30.3 Å². The molecule has 35 heavy (non-hydrogen) atoms. The first-order valence-corrected chi connectivity index (χ1v) is 12.1. The fourth-order valence-electron chi connectivity index (χ4n) is 3.61. The second-order valence-corrected chi connectivity index (χ2v) is 8.97. The third kappa shape index (κ3) is 5.60. The van der Waals surface area contributed by atoms with Crippen LogP contribution < -0.4 is 10.5 Å². The van der Waals surface area contributed by atoms with Gasteiger partial charge in [-0.2, -0.15) is 0 Å². The molecule has 0 aliphatic rings. The monoisotopic (exact) mass is 491 g/mol. The molecule has 4 aromatic rings. The van der Waals surface area contributed by atoms with Crippen LogP contribution in [-0.2, 0) is 22.5 Å². The van der Waals surface area contributed by atoms with Gasteiger partial charge in [-0.05, 0) is 38.0 Å². The number of rotatable bonds is 9. The molecule has 0 aliphatic carbocycles. The molecule has 2 aromatic carbocycles. The number of esters is 1. The minimum atomic E-state index is -0.513. The summed E-state index contributed by atoms with van der Waals surface area (Å²) in [6.07, 6.45) is 0.630. The lowest BCUT2D eigenvalue weighted by Crippen LogP contribution is -2.35. The lowest BCUT2D eigenvalue weighted by Gasteiger charge is -2.20. The van der Waals surface area contributed by atoms with Gasteiger partial charge in [-0.3, -0.25) is 14.5 Å². The maximum absolute atomic E-state index is 13.3. The van der Waals surface area contributed by atoms with Crippen LogP contribution in [0.5, 0.6) is 0 Å². The Morgan fingerprint density at radius 2 is 1.83 bits per heavy atom. The van der Waals surface area contributed by atoms with Gasteiger partial charge in [0.15, 0.2) is 10.8 Å². The van der Waals surface area contributed by atoms with Crippen molar-refractivity contribution in [2.24, 2.45) is 0 Å². The van der Waals surface area contributed by atoms with Crippen LogP contribution in [0.1, 0.15) is 34.3 Å². The minimum absolute atomic E-state index is 0.0229. The standard InChI is InChI=1S/C25H25N5O4S/c1-3-34-24(33)22-17(2)35-25(26-22)29(15-13-18-9-5-4-6-10-18)21(31)14-16-30-23(32)19-11-7-8-12-20(19)27-28-30/h4-12H,3,13-16H2,1-2H3. The highest BCUT2D eigenvalue weighted by atomic mass is 32.1. The number of amides is 1. The second kappa shape index (κ2) is 11.0. The van der Waals surface area contributed by atoms with E-state index in [-0.39, 0.29) is 36.7 Å². The molecular formula is C25H25N5O4S. The van der Waals surface area contributed by atoms with Crippen LogP contribution in [0, 0.1) is 6.92 Å². The molecule has 0 radical (unpaired) electrons. The quantitative estimate of drug-likeness (QED) is 0.330. The van der Waals surface area contributed by atoms with Crippen LogP contribution in [-0.4, -0.2) is 45.0 Å². The molecule has 0 saturated heterocycles. The summed E-state index contributed by atoms with van der Waals surface area (Å²) in [5.41, 5.74) is 1.49. The predicted molar refractivity (Wildman–Crippen MR) is 134 cm³/mol. The number of carbonyl (C=O) groups is 2. The summed E-state index contributed by atoms with van der Waals surface area (Å²) < 4.78 is 6.29. The summed E-state index contributed by atoms with van der Waals surface area (Å²) in [6, 6.07) is 16.8. The van der Waals surface area contributed by atoms with Crippen LogP contribution in [0.25, 0.3) is 10.9 Å². The average Bonchev–Trinajstić information content (AvgIpc) is 3.26. The third-order valence-corrected chi connectivity index (χ3v) is 6.41. The van der Waals surface area contributed by atoms with Crippen LogP contribution in [0.15, 0.2) is 59.4 Å². The van der Waals surface area contributed by atoms with Crippen molar-refractivity contribution in [3.63, 3.8) is 0 Å². The Kier molecular flexibility index (Phi) is 7.61. The van der Waals surface area contributed by atoms with Gasteiger partial charge in [-0.25, -0.2) is 14.5 Å². The summed E-state index contributed by atoms with van der Waals surface area (Å²) >= 11 is 1.26. The first-order chi connectivity index (χ1) is 17.0. The smallest absolute Gasteiger partial charge is 0.358 e. The van der Waals surface area contributed by atoms with E-state index >= 15 is 0 Å². The maximum Gasteiger partial charge on any atom is 0.358 e. The Hall–Kier alpha value is -3.92. The molecule has 0 spiro atoms. The van der Waals surface area contributed by atoms with Gasteiger partial charge in [-0.15, -0.1) is 16.4 Å². The minimum Gasteiger partial charge on any atom is -0.461 e. The fourth-order valence-corrected chi connectivity index (χ4v) is 4.55. The van der Waals surface area contributed by atoms with E-state index in [1.165, 1.54) is 16.0 Å². The van der Waals surface area contributed by atoms with E-state index < -0.39 is 5.97 Å². The molecule has 9 nitrogen and oxygen atoms in total. The zero-order chi connectivity index (χ0) is 24.8. The molecule has 0 N–H and O–H groups in total. The number of aryl methyl sites for hydroxylation is 2. The molecule has 0 unspecified atom stereocenters. The average molecular weight is 492 g/mol. The Labute approximate surface area is 206 Å². The molecule has 2 heterocycles. The van der Waals surface area contributed by atoms with Gasteiger partial charge < -0.3 is 4.74 Å². The molecule has 1 amide bonds. The summed E-state index contributed by atoms with van der Waals surface area (Å²) in [4.78, 5) is 45.0. The van der Waals surface area contributed by atoms with Crippen molar-refractivity contribution >= 4 is 39.2 Å². The SMILES string of the molecule is CCOC(=O)c1nc(N(CCc2ccccc2)C(=O)CCn2nnc3ccccc3c2=O)sc1C. The number of anilines is 1. The number of nitrogens with zero attached hydrogens (tertiary/aromatic N) is 5. The highest BCUT2D eigenvalue weighted by Crippen LogP contribution is 2.27. The van der Waals surface area contributed by atoms with Gasteiger partial charge in [-0.1, -0.05) is 47.7 Å². The maximum atomic E-state index is 13.3. The number of hydrogen-bond donors (Lipinski definition) is 0. The van der Waals surface area contributed by atoms with Gasteiger partial charge in [0, 0.05) is 17.8 Å². The van der Waals surface area contributed by atoms with E-state index in [2.05, 4.69) is 15.3 Å². The number of ether oxygens (including phenoxy) is 1. The molecule has 0 aliphatic heterocycles. The lowest BCUT2D eigenvalue weighted by atomic mass is 10.1. The zero-order valence-electron chi connectivity index (χ0n) is 19.5. The van der Waals surface area contributed by atoms with Gasteiger partial charge in [0.25, 0.3) is 5.56 Å². The molecule has 2 aromatic heterocycles. The molecule has 4 rings (SSSR count). The molecule has 0 atom stereocenters. The molecule has 10 heteroatoms. The number of aromatic nitrogens is 4. The Morgan fingerprint density at radius 1 is 1.09 bits per heavy atom. The molecule has 0 bridgehead atoms. The van der Waals surface area contributed by atoms with Crippen LogP contribution in [0.4, 0.5) is 5.13 Å². The number of hydrogen-bond acceptors (Lipinski definition) is 8. The number of carbonyl (C=O) groups excluding carboxylic acids is 2. The van der Waals surface area contributed by atoms with Gasteiger partial charge in [0.1, 0.15) is 5.52 Å². The summed E-state index contributed by atoms with van der Waals surface area (Å²) in [5, 5.41) is 8.92. The van der Waals surface area contributed by atoms with E-state index in [4.69, 9.17) is 4.74 Å². The van der Waals surface area contributed by atoms with Crippen molar-refractivity contribution in [3.8, 4) is 0 Å².